The smallest absolute Gasteiger partial charge is 0.130 e. The third-order valence-corrected chi connectivity index (χ3v) is 2.32. The summed E-state index contributed by atoms with van der Waals surface area (Å²) in [6, 6.07) is 1.80. The van der Waals surface area contributed by atoms with Gasteiger partial charge in [-0.2, -0.15) is 0 Å². The van der Waals surface area contributed by atoms with Crippen LogP contribution in [0.1, 0.15) is 19.8 Å². The molecule has 0 aliphatic carbocycles. The second-order valence-electron chi connectivity index (χ2n) is 3.00. The van der Waals surface area contributed by atoms with Crippen LogP contribution in [-0.4, -0.2) is 27.7 Å². The Labute approximate surface area is 91.9 Å². The average molecular weight is 260 g/mol. The van der Waals surface area contributed by atoms with Crippen molar-refractivity contribution >= 4 is 21.7 Å². The fourth-order valence-electron chi connectivity index (χ4n) is 1.00. The first-order valence-corrected chi connectivity index (χ1v) is 5.41. The number of aliphatic hydroxyl groups is 1. The lowest BCUT2D eigenvalue weighted by Crippen LogP contribution is -2.12. The molecule has 0 radical (unpaired) electrons. The number of hydrogen-bond acceptors (Lipinski definition) is 4. The zero-order chi connectivity index (χ0) is 10.4. The summed E-state index contributed by atoms with van der Waals surface area (Å²) >= 11 is 3.26. The zero-order valence-corrected chi connectivity index (χ0v) is 9.66. The number of aromatic nitrogens is 2. The van der Waals surface area contributed by atoms with Gasteiger partial charge in [-0.15, -0.1) is 0 Å². The van der Waals surface area contributed by atoms with Crippen LogP contribution in [0.25, 0.3) is 0 Å². The van der Waals surface area contributed by atoms with Crippen LogP contribution in [0.4, 0.5) is 5.82 Å². The van der Waals surface area contributed by atoms with Crippen molar-refractivity contribution in [3.8, 4) is 0 Å². The molecule has 2 N–H and O–H groups in total. The number of aliphatic hydroxyl groups excluding tert-OH is 1. The molecule has 1 heterocycles. The third kappa shape index (κ3) is 4.02. The summed E-state index contributed by atoms with van der Waals surface area (Å²) in [5, 5.41) is 12.4. The minimum Gasteiger partial charge on any atom is -0.393 e. The van der Waals surface area contributed by atoms with E-state index < -0.39 is 0 Å². The van der Waals surface area contributed by atoms with E-state index in [-0.39, 0.29) is 6.10 Å². The van der Waals surface area contributed by atoms with Gasteiger partial charge >= 0.3 is 0 Å². The Morgan fingerprint density at radius 2 is 2.36 bits per heavy atom. The summed E-state index contributed by atoms with van der Waals surface area (Å²) in [5.74, 6) is 0.773. The van der Waals surface area contributed by atoms with E-state index in [9.17, 15) is 5.11 Å². The van der Waals surface area contributed by atoms with Gasteiger partial charge in [0, 0.05) is 12.6 Å². The summed E-state index contributed by atoms with van der Waals surface area (Å²) < 4.78 is 0.756. The van der Waals surface area contributed by atoms with Gasteiger partial charge in [0.25, 0.3) is 0 Å². The Hall–Kier alpha value is -0.680. The SMILES string of the molecule is CCC(O)CCNc1cc(Br)ncn1. The van der Waals surface area contributed by atoms with E-state index in [0.29, 0.717) is 0 Å². The minimum absolute atomic E-state index is 0.229. The van der Waals surface area contributed by atoms with Crippen molar-refractivity contribution in [2.45, 2.75) is 25.9 Å². The predicted molar refractivity (Wildman–Crippen MR) is 59.1 cm³/mol. The van der Waals surface area contributed by atoms with Crippen LogP contribution < -0.4 is 5.32 Å². The molecule has 0 fully saturated rings. The Bertz CT molecular complexity index is 283. The fraction of sp³-hybridized carbons (Fsp3) is 0.556. The molecule has 0 saturated carbocycles. The fourth-order valence-corrected chi connectivity index (χ4v) is 1.31. The van der Waals surface area contributed by atoms with Crippen molar-refractivity contribution in [2.75, 3.05) is 11.9 Å². The second kappa shape index (κ2) is 5.93. The summed E-state index contributed by atoms with van der Waals surface area (Å²) in [7, 11) is 0. The number of rotatable bonds is 5. The molecule has 0 amide bonds. The van der Waals surface area contributed by atoms with Gasteiger partial charge in [-0.3, -0.25) is 0 Å². The Morgan fingerprint density at radius 1 is 1.57 bits per heavy atom. The van der Waals surface area contributed by atoms with Gasteiger partial charge in [-0.05, 0) is 28.8 Å². The van der Waals surface area contributed by atoms with Crippen molar-refractivity contribution in [3.05, 3.63) is 17.0 Å². The van der Waals surface area contributed by atoms with Crippen LogP contribution in [0, 0.1) is 0 Å². The van der Waals surface area contributed by atoms with E-state index in [4.69, 9.17) is 0 Å². The Kier molecular flexibility index (Phi) is 4.82. The van der Waals surface area contributed by atoms with Crippen LogP contribution in [0.5, 0.6) is 0 Å². The molecule has 1 rings (SSSR count). The van der Waals surface area contributed by atoms with E-state index in [2.05, 4.69) is 31.2 Å². The van der Waals surface area contributed by atoms with Crippen molar-refractivity contribution < 1.29 is 5.11 Å². The summed E-state index contributed by atoms with van der Waals surface area (Å²) in [6.45, 7) is 2.68. The van der Waals surface area contributed by atoms with E-state index in [1.807, 2.05) is 6.92 Å². The Balaban J connectivity index is 2.31. The molecule has 1 aromatic rings. The van der Waals surface area contributed by atoms with E-state index in [1.165, 1.54) is 6.33 Å². The van der Waals surface area contributed by atoms with Gasteiger partial charge in [0.15, 0.2) is 0 Å². The highest BCUT2D eigenvalue weighted by molar-refractivity contribution is 9.10. The average Bonchev–Trinajstić information content (AvgIpc) is 2.17. The van der Waals surface area contributed by atoms with Crippen molar-refractivity contribution in [1.82, 2.24) is 9.97 Å². The maximum absolute atomic E-state index is 9.31. The van der Waals surface area contributed by atoms with Gasteiger partial charge < -0.3 is 10.4 Å². The number of hydrogen-bond donors (Lipinski definition) is 2. The number of nitrogens with zero attached hydrogens (tertiary/aromatic N) is 2. The van der Waals surface area contributed by atoms with Gasteiger partial charge in [0.05, 0.1) is 6.10 Å². The molecule has 0 bridgehead atoms. The van der Waals surface area contributed by atoms with E-state index in [1.54, 1.807) is 6.07 Å². The highest BCUT2D eigenvalue weighted by Crippen LogP contribution is 2.09. The zero-order valence-electron chi connectivity index (χ0n) is 8.07. The molecule has 1 aromatic heterocycles. The summed E-state index contributed by atoms with van der Waals surface area (Å²) in [5.41, 5.74) is 0. The lowest BCUT2D eigenvalue weighted by atomic mass is 10.2. The molecule has 14 heavy (non-hydrogen) atoms. The molecular weight excluding hydrogens is 246 g/mol. The third-order valence-electron chi connectivity index (χ3n) is 1.89. The van der Waals surface area contributed by atoms with Crippen LogP contribution in [0.2, 0.25) is 0 Å². The van der Waals surface area contributed by atoms with Crippen molar-refractivity contribution in [2.24, 2.45) is 0 Å². The molecule has 5 heteroatoms. The van der Waals surface area contributed by atoms with Gasteiger partial charge in [0.2, 0.25) is 0 Å². The van der Waals surface area contributed by atoms with Gasteiger partial charge in [0.1, 0.15) is 16.7 Å². The molecule has 1 atom stereocenters. The van der Waals surface area contributed by atoms with E-state index >= 15 is 0 Å². The molecule has 0 saturated heterocycles. The molecule has 0 aliphatic heterocycles. The number of nitrogens with one attached hydrogen (secondary N) is 1. The van der Waals surface area contributed by atoms with E-state index in [0.717, 1.165) is 29.8 Å². The summed E-state index contributed by atoms with van der Waals surface area (Å²) in [4.78, 5) is 7.94. The maximum atomic E-state index is 9.31. The molecule has 0 aromatic carbocycles. The monoisotopic (exact) mass is 259 g/mol. The first kappa shape index (κ1) is 11.4. The van der Waals surface area contributed by atoms with Crippen LogP contribution in [-0.2, 0) is 0 Å². The first-order chi connectivity index (χ1) is 6.72. The molecule has 1 unspecified atom stereocenters. The van der Waals surface area contributed by atoms with Gasteiger partial charge in [-0.25, -0.2) is 9.97 Å². The molecule has 4 nitrogen and oxygen atoms in total. The molecular formula is C9H14BrN3O. The topological polar surface area (TPSA) is 58.0 Å². The van der Waals surface area contributed by atoms with Crippen molar-refractivity contribution in [3.63, 3.8) is 0 Å². The van der Waals surface area contributed by atoms with Crippen LogP contribution >= 0.6 is 15.9 Å². The standard InChI is InChI=1S/C9H14BrN3O/c1-2-7(14)3-4-11-9-5-8(10)12-6-13-9/h5-7,14H,2-4H2,1H3,(H,11,12,13). The lowest BCUT2D eigenvalue weighted by Gasteiger charge is -2.08. The Morgan fingerprint density at radius 3 is 3.00 bits per heavy atom. The quantitative estimate of drug-likeness (QED) is 0.793. The maximum Gasteiger partial charge on any atom is 0.130 e. The number of anilines is 1. The highest BCUT2D eigenvalue weighted by Gasteiger charge is 2.00. The largest absolute Gasteiger partial charge is 0.393 e. The lowest BCUT2D eigenvalue weighted by molar-refractivity contribution is 0.164. The molecule has 0 spiro atoms. The highest BCUT2D eigenvalue weighted by atomic mass is 79.9. The predicted octanol–water partition coefficient (Wildman–Crippen LogP) is 1.81. The van der Waals surface area contributed by atoms with Crippen molar-refractivity contribution in [1.29, 1.82) is 0 Å². The molecule has 78 valence electrons. The normalized spacial score (nSPS) is 12.5. The molecule has 0 aliphatic rings. The van der Waals surface area contributed by atoms with Crippen LogP contribution in [0.3, 0.4) is 0 Å². The van der Waals surface area contributed by atoms with Gasteiger partial charge in [-0.1, -0.05) is 6.92 Å². The minimum atomic E-state index is -0.229. The summed E-state index contributed by atoms with van der Waals surface area (Å²) in [6.07, 6.45) is 2.78. The first-order valence-electron chi connectivity index (χ1n) is 4.62. The second-order valence-corrected chi connectivity index (χ2v) is 3.82. The van der Waals surface area contributed by atoms with Crippen LogP contribution in [0.15, 0.2) is 17.0 Å². The number of halogens is 1.